The molecule has 1 aromatic rings. The van der Waals surface area contributed by atoms with Crippen molar-refractivity contribution >= 4 is 0 Å². The fourth-order valence-electron chi connectivity index (χ4n) is 2.07. The van der Waals surface area contributed by atoms with Crippen LogP contribution in [0.1, 0.15) is 12.8 Å². The number of hydrogen-bond acceptors (Lipinski definition) is 5. The molecule has 1 aliphatic heterocycles. The topological polar surface area (TPSA) is 105 Å². The zero-order valence-electron chi connectivity index (χ0n) is 9.78. The van der Waals surface area contributed by atoms with Crippen LogP contribution in [-0.2, 0) is 11.3 Å². The molecule has 1 saturated heterocycles. The van der Waals surface area contributed by atoms with E-state index in [0.29, 0.717) is 19.4 Å². The highest BCUT2D eigenvalue weighted by molar-refractivity contribution is 4.85. The Hall–Kier alpha value is -1.44. The van der Waals surface area contributed by atoms with Crippen LogP contribution in [0.2, 0.25) is 0 Å². The minimum atomic E-state index is -0.660. The van der Waals surface area contributed by atoms with Crippen molar-refractivity contribution in [3.8, 4) is 0 Å². The van der Waals surface area contributed by atoms with Gasteiger partial charge in [0, 0.05) is 25.2 Å². The summed E-state index contributed by atoms with van der Waals surface area (Å²) >= 11 is 0. The first kappa shape index (κ1) is 13.0. The van der Waals surface area contributed by atoms with E-state index in [9.17, 15) is 14.7 Å². The van der Waals surface area contributed by atoms with E-state index < -0.39 is 23.5 Å². The first-order chi connectivity index (χ1) is 8.60. The predicted molar refractivity (Wildman–Crippen MR) is 62.3 cm³/mol. The number of aromatic nitrogens is 2. The van der Waals surface area contributed by atoms with Gasteiger partial charge in [-0.25, -0.2) is 4.79 Å². The van der Waals surface area contributed by atoms with Crippen LogP contribution in [0.4, 0.5) is 0 Å². The first-order valence-electron chi connectivity index (χ1n) is 5.84. The van der Waals surface area contributed by atoms with Gasteiger partial charge < -0.3 is 19.5 Å². The Morgan fingerprint density at radius 3 is 2.89 bits per heavy atom. The molecule has 0 radical (unpaired) electrons. The maximum absolute atomic E-state index is 11.4. The van der Waals surface area contributed by atoms with Crippen molar-refractivity contribution in [1.82, 2.24) is 9.55 Å². The van der Waals surface area contributed by atoms with Crippen LogP contribution < -0.4 is 11.2 Å². The van der Waals surface area contributed by atoms with Crippen LogP contribution in [0.15, 0.2) is 21.9 Å². The Morgan fingerprint density at radius 2 is 2.28 bits per heavy atom. The zero-order valence-corrected chi connectivity index (χ0v) is 9.78. The number of aryl methyl sites for hydroxylation is 1. The summed E-state index contributed by atoms with van der Waals surface area (Å²) in [5.74, 6) is 0. The van der Waals surface area contributed by atoms with Crippen LogP contribution >= 0.6 is 0 Å². The van der Waals surface area contributed by atoms with E-state index >= 15 is 0 Å². The number of hydrogen-bond donors (Lipinski definition) is 3. The van der Waals surface area contributed by atoms with Crippen molar-refractivity contribution in [3.05, 3.63) is 33.1 Å². The lowest BCUT2D eigenvalue weighted by molar-refractivity contribution is -0.0246. The monoisotopic (exact) mass is 256 g/mol. The van der Waals surface area contributed by atoms with Crippen molar-refractivity contribution < 1.29 is 14.9 Å². The number of ether oxygens (including phenoxy) is 1. The second-order valence-electron chi connectivity index (χ2n) is 4.37. The third kappa shape index (κ3) is 2.87. The number of aromatic amines is 1. The molecular weight excluding hydrogens is 240 g/mol. The third-order valence-corrected chi connectivity index (χ3v) is 3.07. The molecule has 0 spiro atoms. The summed E-state index contributed by atoms with van der Waals surface area (Å²) in [6, 6.07) is 1.28. The summed E-state index contributed by atoms with van der Waals surface area (Å²) in [6.45, 7) is 0.182. The molecule has 2 rings (SSSR count). The molecular formula is C11H16N2O5. The molecule has 0 bridgehead atoms. The largest absolute Gasteiger partial charge is 0.394 e. The number of nitrogens with one attached hydrogen (secondary N) is 1. The highest BCUT2D eigenvalue weighted by Crippen LogP contribution is 2.22. The molecule has 18 heavy (non-hydrogen) atoms. The summed E-state index contributed by atoms with van der Waals surface area (Å²) in [5, 5.41) is 18.5. The molecule has 7 heteroatoms. The molecule has 0 unspecified atom stereocenters. The highest BCUT2D eigenvalue weighted by atomic mass is 16.5. The molecule has 0 aromatic carbocycles. The molecule has 1 aromatic heterocycles. The quantitative estimate of drug-likeness (QED) is 0.604. The molecule has 3 N–H and O–H groups in total. The van der Waals surface area contributed by atoms with Gasteiger partial charge in [-0.05, 0) is 6.42 Å². The number of aliphatic hydroxyl groups excluding tert-OH is 2. The minimum Gasteiger partial charge on any atom is -0.394 e. The molecule has 100 valence electrons. The number of rotatable bonds is 4. The van der Waals surface area contributed by atoms with Gasteiger partial charge in [-0.15, -0.1) is 0 Å². The van der Waals surface area contributed by atoms with E-state index in [1.807, 2.05) is 0 Å². The van der Waals surface area contributed by atoms with E-state index in [-0.39, 0.29) is 12.7 Å². The lowest BCUT2D eigenvalue weighted by Crippen LogP contribution is -2.29. The van der Waals surface area contributed by atoms with Gasteiger partial charge in [0.15, 0.2) is 0 Å². The first-order valence-corrected chi connectivity index (χ1v) is 5.84. The Bertz CT molecular complexity index is 509. The smallest absolute Gasteiger partial charge is 0.328 e. The van der Waals surface area contributed by atoms with Gasteiger partial charge in [-0.3, -0.25) is 9.78 Å². The normalized spacial score (nSPS) is 27.6. The molecule has 7 nitrogen and oxygen atoms in total. The van der Waals surface area contributed by atoms with Gasteiger partial charge in [0.1, 0.15) is 6.10 Å². The van der Waals surface area contributed by atoms with Crippen molar-refractivity contribution in [2.45, 2.75) is 37.7 Å². The van der Waals surface area contributed by atoms with Gasteiger partial charge in [-0.2, -0.15) is 0 Å². The second kappa shape index (κ2) is 5.47. The van der Waals surface area contributed by atoms with Crippen molar-refractivity contribution in [2.24, 2.45) is 0 Å². The summed E-state index contributed by atoms with van der Waals surface area (Å²) < 4.78 is 6.80. The molecule has 0 saturated carbocycles. The molecule has 0 aliphatic carbocycles. The van der Waals surface area contributed by atoms with Gasteiger partial charge in [0.25, 0.3) is 5.56 Å². The standard InChI is InChI=1S/C11H16N2O5/c14-6-9-8(15)5-7(18-9)1-3-13-4-2-10(16)12-11(13)17/h2,4,7-9,14-15H,1,3,5-6H2,(H,12,16,17)/t7-,8-,9+/m0/s1. The summed E-state index contributed by atoms with van der Waals surface area (Å²) in [4.78, 5) is 24.4. The number of H-pyrrole nitrogens is 1. The van der Waals surface area contributed by atoms with E-state index in [2.05, 4.69) is 4.98 Å². The Morgan fingerprint density at radius 1 is 1.50 bits per heavy atom. The van der Waals surface area contributed by atoms with Gasteiger partial charge >= 0.3 is 5.69 Å². The summed E-state index contributed by atoms with van der Waals surface area (Å²) in [5.41, 5.74) is -0.885. The van der Waals surface area contributed by atoms with Crippen molar-refractivity contribution in [3.63, 3.8) is 0 Å². The second-order valence-corrected chi connectivity index (χ2v) is 4.37. The number of nitrogens with zero attached hydrogens (tertiary/aromatic N) is 1. The van der Waals surface area contributed by atoms with E-state index in [1.54, 1.807) is 0 Å². The minimum absolute atomic E-state index is 0.184. The lowest BCUT2D eigenvalue weighted by Gasteiger charge is -2.12. The predicted octanol–water partition coefficient (Wildman–Crippen LogP) is -1.56. The average molecular weight is 256 g/mol. The maximum Gasteiger partial charge on any atom is 0.328 e. The third-order valence-electron chi connectivity index (χ3n) is 3.07. The molecule has 3 atom stereocenters. The van der Waals surface area contributed by atoms with E-state index in [0.717, 1.165) is 0 Å². The maximum atomic E-state index is 11.4. The average Bonchev–Trinajstić information content (AvgIpc) is 2.69. The van der Waals surface area contributed by atoms with Gasteiger partial charge in [0.2, 0.25) is 0 Å². The van der Waals surface area contributed by atoms with E-state index in [4.69, 9.17) is 9.84 Å². The van der Waals surface area contributed by atoms with Crippen LogP contribution in [-0.4, -0.2) is 44.7 Å². The SMILES string of the molecule is O=c1ccn(CC[C@H]2C[C@H](O)[C@@H](CO)O2)c(=O)[nH]1. The van der Waals surface area contributed by atoms with Crippen molar-refractivity contribution in [2.75, 3.05) is 6.61 Å². The van der Waals surface area contributed by atoms with Crippen LogP contribution in [0.5, 0.6) is 0 Å². The molecule has 1 fully saturated rings. The Balaban J connectivity index is 1.93. The highest BCUT2D eigenvalue weighted by Gasteiger charge is 2.32. The van der Waals surface area contributed by atoms with Gasteiger partial charge in [-0.1, -0.05) is 0 Å². The number of aliphatic hydroxyl groups is 2. The Labute approximate surface area is 103 Å². The van der Waals surface area contributed by atoms with Crippen LogP contribution in [0.3, 0.4) is 0 Å². The molecule has 0 amide bonds. The van der Waals surface area contributed by atoms with Gasteiger partial charge in [0.05, 0.1) is 18.8 Å². The van der Waals surface area contributed by atoms with E-state index in [1.165, 1.54) is 16.8 Å². The fourth-order valence-corrected chi connectivity index (χ4v) is 2.07. The molecule has 1 aliphatic rings. The fraction of sp³-hybridized carbons (Fsp3) is 0.636. The summed E-state index contributed by atoms with van der Waals surface area (Å²) in [6.07, 6.45) is 1.03. The van der Waals surface area contributed by atoms with Crippen LogP contribution in [0.25, 0.3) is 0 Å². The molecule has 2 heterocycles. The van der Waals surface area contributed by atoms with Crippen LogP contribution in [0, 0.1) is 0 Å². The van der Waals surface area contributed by atoms with Crippen molar-refractivity contribution in [1.29, 1.82) is 0 Å². The summed E-state index contributed by atoms with van der Waals surface area (Å²) in [7, 11) is 0. The zero-order chi connectivity index (χ0) is 13.1. The lowest BCUT2D eigenvalue weighted by atomic mass is 10.1. The Kier molecular flexibility index (Phi) is 3.95.